The van der Waals surface area contributed by atoms with Gasteiger partial charge in [-0.1, -0.05) is 0 Å². The molecular formula is C11H14F3NO. The molecule has 0 aliphatic rings. The number of nitrogens with one attached hydrogen (secondary N) is 1. The van der Waals surface area contributed by atoms with Gasteiger partial charge < -0.3 is 10.1 Å². The van der Waals surface area contributed by atoms with Crippen molar-refractivity contribution in [2.45, 2.75) is 12.8 Å². The second-order valence-electron chi connectivity index (χ2n) is 3.38. The van der Waals surface area contributed by atoms with Gasteiger partial charge in [0, 0.05) is 38.1 Å². The zero-order valence-electron chi connectivity index (χ0n) is 9.03. The van der Waals surface area contributed by atoms with E-state index < -0.39 is 17.5 Å². The zero-order valence-corrected chi connectivity index (χ0v) is 9.03. The Labute approximate surface area is 92.4 Å². The van der Waals surface area contributed by atoms with Crippen LogP contribution in [0.4, 0.5) is 18.9 Å². The van der Waals surface area contributed by atoms with Crippen molar-refractivity contribution in [2.24, 2.45) is 0 Å². The number of ether oxygens (including phenoxy) is 1. The summed E-state index contributed by atoms with van der Waals surface area (Å²) in [5.74, 6) is -3.80. The number of benzene rings is 1. The second-order valence-corrected chi connectivity index (χ2v) is 3.38. The SMILES string of the molecule is COCCCCNc1cc(F)c(F)c(F)c1. The molecule has 0 radical (unpaired) electrons. The summed E-state index contributed by atoms with van der Waals surface area (Å²) in [4.78, 5) is 0. The van der Waals surface area contributed by atoms with Crippen molar-refractivity contribution < 1.29 is 17.9 Å². The zero-order chi connectivity index (χ0) is 12.0. The van der Waals surface area contributed by atoms with Gasteiger partial charge in [-0.3, -0.25) is 0 Å². The van der Waals surface area contributed by atoms with Crippen molar-refractivity contribution in [3.05, 3.63) is 29.6 Å². The Morgan fingerprint density at radius 3 is 2.31 bits per heavy atom. The van der Waals surface area contributed by atoms with E-state index in [1.807, 2.05) is 0 Å². The largest absolute Gasteiger partial charge is 0.385 e. The highest BCUT2D eigenvalue weighted by atomic mass is 19.2. The molecule has 1 aromatic carbocycles. The van der Waals surface area contributed by atoms with E-state index in [0.29, 0.717) is 13.2 Å². The predicted molar refractivity (Wildman–Crippen MR) is 55.9 cm³/mol. The number of unbranched alkanes of at least 4 members (excludes halogenated alkanes) is 1. The van der Waals surface area contributed by atoms with Crippen LogP contribution in [0.25, 0.3) is 0 Å². The van der Waals surface area contributed by atoms with E-state index >= 15 is 0 Å². The Kier molecular flexibility index (Phi) is 5.11. The van der Waals surface area contributed by atoms with Crippen LogP contribution in [0.15, 0.2) is 12.1 Å². The average molecular weight is 233 g/mol. The van der Waals surface area contributed by atoms with E-state index in [1.165, 1.54) is 0 Å². The van der Waals surface area contributed by atoms with Gasteiger partial charge in [0.1, 0.15) is 0 Å². The highest BCUT2D eigenvalue weighted by Gasteiger charge is 2.09. The van der Waals surface area contributed by atoms with Gasteiger partial charge in [-0.05, 0) is 12.8 Å². The first-order chi connectivity index (χ1) is 7.65. The lowest BCUT2D eigenvalue weighted by molar-refractivity contribution is 0.194. The minimum Gasteiger partial charge on any atom is -0.385 e. The minimum absolute atomic E-state index is 0.244. The standard InChI is InChI=1S/C11H14F3NO/c1-16-5-3-2-4-15-8-6-9(12)11(14)10(13)7-8/h6-7,15H,2-5H2,1H3. The van der Waals surface area contributed by atoms with Crippen molar-refractivity contribution in [1.29, 1.82) is 0 Å². The summed E-state index contributed by atoms with van der Waals surface area (Å²) in [5, 5.41) is 2.81. The fraction of sp³-hybridized carbons (Fsp3) is 0.455. The molecule has 0 saturated heterocycles. The third-order valence-corrected chi connectivity index (χ3v) is 2.09. The lowest BCUT2D eigenvalue weighted by Crippen LogP contribution is -2.04. The van der Waals surface area contributed by atoms with Gasteiger partial charge in [0.05, 0.1) is 0 Å². The van der Waals surface area contributed by atoms with Crippen LogP contribution < -0.4 is 5.32 Å². The highest BCUT2D eigenvalue weighted by molar-refractivity contribution is 5.43. The summed E-state index contributed by atoms with van der Waals surface area (Å²) in [6, 6.07) is 1.88. The van der Waals surface area contributed by atoms with Crippen LogP contribution in [-0.2, 0) is 4.74 Å². The molecule has 1 N–H and O–H groups in total. The maximum atomic E-state index is 12.8. The quantitative estimate of drug-likeness (QED) is 0.602. The molecule has 2 nitrogen and oxygen atoms in total. The number of methoxy groups -OCH3 is 1. The van der Waals surface area contributed by atoms with Crippen LogP contribution >= 0.6 is 0 Å². The first-order valence-electron chi connectivity index (χ1n) is 5.02. The Morgan fingerprint density at radius 1 is 1.12 bits per heavy atom. The Morgan fingerprint density at radius 2 is 1.75 bits per heavy atom. The first-order valence-corrected chi connectivity index (χ1v) is 5.02. The van der Waals surface area contributed by atoms with Crippen molar-refractivity contribution in [3.8, 4) is 0 Å². The molecule has 0 aromatic heterocycles. The number of halogens is 3. The molecule has 0 heterocycles. The molecule has 16 heavy (non-hydrogen) atoms. The molecule has 0 saturated carbocycles. The fourth-order valence-electron chi connectivity index (χ4n) is 1.26. The number of rotatable bonds is 6. The summed E-state index contributed by atoms with van der Waals surface area (Å²) in [6.45, 7) is 1.21. The lowest BCUT2D eigenvalue weighted by Gasteiger charge is -2.07. The molecule has 0 bridgehead atoms. The third kappa shape index (κ3) is 3.73. The molecule has 0 amide bonds. The molecule has 0 fully saturated rings. The van der Waals surface area contributed by atoms with Crippen LogP contribution in [-0.4, -0.2) is 20.3 Å². The fourth-order valence-corrected chi connectivity index (χ4v) is 1.26. The van der Waals surface area contributed by atoms with Crippen molar-refractivity contribution in [3.63, 3.8) is 0 Å². The minimum atomic E-state index is -1.44. The normalized spacial score (nSPS) is 10.5. The topological polar surface area (TPSA) is 21.3 Å². The van der Waals surface area contributed by atoms with Crippen molar-refractivity contribution in [1.82, 2.24) is 0 Å². The van der Waals surface area contributed by atoms with Crippen LogP contribution in [0.5, 0.6) is 0 Å². The van der Waals surface area contributed by atoms with Gasteiger partial charge in [0.15, 0.2) is 17.5 Å². The third-order valence-electron chi connectivity index (χ3n) is 2.09. The molecule has 90 valence electrons. The van der Waals surface area contributed by atoms with Crippen LogP contribution in [0.3, 0.4) is 0 Å². The molecule has 0 aliphatic heterocycles. The smallest absolute Gasteiger partial charge is 0.194 e. The van der Waals surface area contributed by atoms with Gasteiger partial charge in [-0.25, -0.2) is 13.2 Å². The summed E-state index contributed by atoms with van der Waals surface area (Å²) < 4.78 is 43.0. The number of hydrogen-bond acceptors (Lipinski definition) is 2. The number of hydrogen-bond donors (Lipinski definition) is 1. The van der Waals surface area contributed by atoms with Crippen LogP contribution in [0.2, 0.25) is 0 Å². The monoisotopic (exact) mass is 233 g/mol. The van der Waals surface area contributed by atoms with Crippen LogP contribution in [0.1, 0.15) is 12.8 Å². The Bertz CT molecular complexity index is 321. The van der Waals surface area contributed by atoms with Gasteiger partial charge >= 0.3 is 0 Å². The summed E-state index contributed by atoms with van der Waals surface area (Å²) in [7, 11) is 1.61. The van der Waals surface area contributed by atoms with E-state index in [1.54, 1.807) is 7.11 Å². The van der Waals surface area contributed by atoms with E-state index in [9.17, 15) is 13.2 Å². The molecule has 0 unspecified atom stereocenters. The van der Waals surface area contributed by atoms with E-state index in [-0.39, 0.29) is 5.69 Å². The molecule has 5 heteroatoms. The second kappa shape index (κ2) is 6.37. The van der Waals surface area contributed by atoms with Crippen molar-refractivity contribution in [2.75, 3.05) is 25.6 Å². The summed E-state index contributed by atoms with van der Waals surface area (Å²) in [5.41, 5.74) is 0.244. The maximum Gasteiger partial charge on any atom is 0.194 e. The molecule has 0 atom stereocenters. The number of anilines is 1. The van der Waals surface area contributed by atoms with Crippen molar-refractivity contribution >= 4 is 5.69 Å². The Hall–Kier alpha value is -1.23. The molecule has 1 rings (SSSR count). The Balaban J connectivity index is 2.43. The average Bonchev–Trinajstić information content (AvgIpc) is 2.25. The molecule has 0 spiro atoms. The van der Waals surface area contributed by atoms with Crippen LogP contribution in [0, 0.1) is 17.5 Å². The summed E-state index contributed by atoms with van der Waals surface area (Å²) >= 11 is 0. The highest BCUT2D eigenvalue weighted by Crippen LogP contribution is 2.17. The van der Waals surface area contributed by atoms with Gasteiger partial charge in [-0.15, -0.1) is 0 Å². The first kappa shape index (κ1) is 12.8. The predicted octanol–water partition coefficient (Wildman–Crippen LogP) is 2.94. The van der Waals surface area contributed by atoms with E-state index in [4.69, 9.17) is 4.74 Å². The molecule has 0 aliphatic carbocycles. The molecule has 1 aromatic rings. The molecular weight excluding hydrogens is 219 g/mol. The van der Waals surface area contributed by atoms with Gasteiger partial charge in [0.25, 0.3) is 0 Å². The van der Waals surface area contributed by atoms with Gasteiger partial charge in [0.2, 0.25) is 0 Å². The summed E-state index contributed by atoms with van der Waals surface area (Å²) in [6.07, 6.45) is 1.67. The van der Waals surface area contributed by atoms with E-state index in [0.717, 1.165) is 25.0 Å². The van der Waals surface area contributed by atoms with Gasteiger partial charge in [-0.2, -0.15) is 0 Å². The maximum absolute atomic E-state index is 12.8. The lowest BCUT2D eigenvalue weighted by atomic mass is 10.2. The van der Waals surface area contributed by atoms with E-state index in [2.05, 4.69) is 5.32 Å².